The number of fused-ring (bicyclic) bond motifs is 4. The molecule has 2 saturated carbocycles. The van der Waals surface area contributed by atoms with Gasteiger partial charge in [-0.15, -0.1) is 0 Å². The number of allylic oxidation sites excluding steroid dienone is 1. The zero-order chi connectivity index (χ0) is 16.7. The van der Waals surface area contributed by atoms with Gasteiger partial charge >= 0.3 is 0 Å². The van der Waals surface area contributed by atoms with Crippen molar-refractivity contribution in [2.75, 3.05) is 0 Å². The molecule has 3 aliphatic carbocycles. The molecule has 5 rings (SSSR count). The summed E-state index contributed by atoms with van der Waals surface area (Å²) >= 11 is 3.61. The monoisotopic (exact) mass is 380 g/mol. The van der Waals surface area contributed by atoms with Gasteiger partial charge in [0.15, 0.2) is 0 Å². The van der Waals surface area contributed by atoms with Gasteiger partial charge in [0.2, 0.25) is 0 Å². The average molecular weight is 381 g/mol. The molecule has 3 aliphatic rings. The highest BCUT2D eigenvalue weighted by Gasteiger charge is 2.96. The highest BCUT2D eigenvalue weighted by molar-refractivity contribution is 9.11. The minimum atomic E-state index is -0.395. The molecule has 1 N–H and O–H groups in total. The van der Waals surface area contributed by atoms with E-state index in [1.165, 1.54) is 11.1 Å². The van der Waals surface area contributed by atoms with E-state index in [1.807, 2.05) is 0 Å². The fraction of sp³-hybridized carbons (Fsp3) is 0.364. The Morgan fingerprint density at radius 2 is 1.33 bits per heavy atom. The summed E-state index contributed by atoms with van der Waals surface area (Å²) in [5.74, 6) is 0.643. The van der Waals surface area contributed by atoms with Gasteiger partial charge in [-0.3, -0.25) is 0 Å². The number of halogens is 1. The van der Waals surface area contributed by atoms with Crippen molar-refractivity contribution in [3.05, 3.63) is 82.3 Å². The quantitative estimate of drug-likeness (QED) is 0.792. The molecule has 2 fully saturated rings. The summed E-state index contributed by atoms with van der Waals surface area (Å²) in [4.78, 5) is 0. The molecular formula is C22H21BrO. The van der Waals surface area contributed by atoms with Gasteiger partial charge in [-0.05, 0) is 22.5 Å². The van der Waals surface area contributed by atoms with E-state index >= 15 is 0 Å². The Kier molecular flexibility index (Phi) is 2.75. The third-order valence-corrected chi connectivity index (χ3v) is 8.07. The molecule has 5 atom stereocenters. The van der Waals surface area contributed by atoms with E-state index in [0.29, 0.717) is 5.92 Å². The first-order valence-electron chi connectivity index (χ1n) is 8.67. The molecule has 0 aliphatic heterocycles. The molecule has 0 aromatic heterocycles. The van der Waals surface area contributed by atoms with Crippen molar-refractivity contribution >= 4 is 15.9 Å². The first-order chi connectivity index (χ1) is 11.5. The fourth-order valence-electron chi connectivity index (χ4n) is 6.81. The number of aliphatic hydroxyl groups excluding tert-OH is 1. The summed E-state index contributed by atoms with van der Waals surface area (Å²) in [5.41, 5.74) is 2.96. The zero-order valence-corrected chi connectivity index (χ0v) is 15.5. The number of aliphatic hydroxyl groups is 1. The molecule has 2 aromatic carbocycles. The fourth-order valence-corrected chi connectivity index (χ4v) is 7.38. The van der Waals surface area contributed by atoms with Gasteiger partial charge in [0, 0.05) is 21.2 Å². The van der Waals surface area contributed by atoms with Gasteiger partial charge in [-0.1, -0.05) is 96.5 Å². The number of rotatable bonds is 2. The largest absolute Gasteiger partial charge is 0.388 e. The summed E-state index contributed by atoms with van der Waals surface area (Å²) in [6.45, 7) is 4.78. The Morgan fingerprint density at radius 1 is 0.833 bits per heavy atom. The Labute approximate surface area is 151 Å². The molecule has 24 heavy (non-hydrogen) atoms. The zero-order valence-electron chi connectivity index (χ0n) is 13.9. The van der Waals surface area contributed by atoms with Crippen LogP contribution < -0.4 is 0 Å². The molecule has 0 saturated heterocycles. The van der Waals surface area contributed by atoms with Crippen LogP contribution in [0.3, 0.4) is 0 Å². The van der Waals surface area contributed by atoms with E-state index in [-0.39, 0.29) is 22.2 Å². The molecule has 122 valence electrons. The average Bonchev–Trinajstić information content (AvgIpc) is 2.83. The lowest BCUT2D eigenvalue weighted by Crippen LogP contribution is -2.53. The van der Waals surface area contributed by atoms with Crippen molar-refractivity contribution in [3.8, 4) is 0 Å². The summed E-state index contributed by atoms with van der Waals surface area (Å²) in [6, 6.07) is 21.8. The van der Waals surface area contributed by atoms with Gasteiger partial charge in [0.1, 0.15) is 0 Å². The minimum absolute atomic E-state index is 0.00127. The van der Waals surface area contributed by atoms with Gasteiger partial charge < -0.3 is 5.11 Å². The second kappa shape index (κ2) is 4.42. The lowest BCUT2D eigenvalue weighted by Gasteiger charge is -2.49. The van der Waals surface area contributed by atoms with Crippen LogP contribution in [-0.4, -0.2) is 11.2 Å². The molecule has 0 heterocycles. The highest BCUT2D eigenvalue weighted by Crippen LogP contribution is 2.94. The van der Waals surface area contributed by atoms with Crippen molar-refractivity contribution in [3.63, 3.8) is 0 Å². The lowest BCUT2D eigenvalue weighted by atomic mass is 9.53. The summed E-state index contributed by atoms with van der Waals surface area (Å²) in [6.07, 6.45) is 1.88. The molecule has 0 bridgehead atoms. The smallest absolute Gasteiger partial charge is 0.0894 e. The Balaban J connectivity index is 1.79. The van der Waals surface area contributed by atoms with E-state index in [1.54, 1.807) is 0 Å². The third-order valence-electron chi connectivity index (χ3n) is 7.34. The van der Waals surface area contributed by atoms with Crippen LogP contribution in [0.2, 0.25) is 0 Å². The van der Waals surface area contributed by atoms with Crippen LogP contribution in [0.25, 0.3) is 0 Å². The van der Waals surface area contributed by atoms with Crippen LogP contribution in [0.4, 0.5) is 0 Å². The molecule has 0 unspecified atom stereocenters. The molecular weight excluding hydrogens is 360 g/mol. The number of hydrogen-bond acceptors (Lipinski definition) is 1. The molecule has 0 amide bonds. The third kappa shape index (κ3) is 1.25. The minimum Gasteiger partial charge on any atom is -0.388 e. The van der Waals surface area contributed by atoms with Crippen LogP contribution in [-0.2, 0) is 10.8 Å². The summed E-state index contributed by atoms with van der Waals surface area (Å²) < 4.78 is 0.964. The second-order valence-electron chi connectivity index (χ2n) is 8.02. The van der Waals surface area contributed by atoms with Crippen LogP contribution >= 0.6 is 15.9 Å². The van der Waals surface area contributed by atoms with Crippen LogP contribution in [0.15, 0.2) is 71.2 Å². The van der Waals surface area contributed by atoms with Crippen LogP contribution in [0.5, 0.6) is 0 Å². The van der Waals surface area contributed by atoms with Crippen molar-refractivity contribution in [1.29, 1.82) is 0 Å². The van der Waals surface area contributed by atoms with Gasteiger partial charge in [-0.2, -0.15) is 0 Å². The van der Waals surface area contributed by atoms with E-state index < -0.39 is 6.10 Å². The van der Waals surface area contributed by atoms with Crippen molar-refractivity contribution < 1.29 is 5.11 Å². The van der Waals surface area contributed by atoms with Crippen molar-refractivity contribution in [2.45, 2.75) is 30.8 Å². The predicted octanol–water partition coefficient (Wildman–Crippen LogP) is 4.80. The Morgan fingerprint density at radius 3 is 1.88 bits per heavy atom. The normalized spacial score (nSPS) is 41.0. The van der Waals surface area contributed by atoms with Crippen LogP contribution in [0.1, 0.15) is 25.0 Å². The second-order valence-corrected chi connectivity index (χ2v) is 8.94. The van der Waals surface area contributed by atoms with Gasteiger partial charge in [-0.25, -0.2) is 0 Å². The van der Waals surface area contributed by atoms with E-state index in [2.05, 4.69) is 96.5 Å². The van der Waals surface area contributed by atoms with Gasteiger partial charge in [0.05, 0.1) is 6.10 Å². The number of hydrogen-bond donors (Lipinski definition) is 1. The SMILES string of the molecule is CC1(C)[C@]2(c3ccccc3)[C@@H]3C=C(Br)[C@H](O)[C@@H]3[C@]12c1ccccc1. The number of benzene rings is 2. The molecule has 2 aromatic rings. The van der Waals surface area contributed by atoms with Crippen molar-refractivity contribution in [2.24, 2.45) is 17.3 Å². The van der Waals surface area contributed by atoms with Crippen molar-refractivity contribution in [1.82, 2.24) is 0 Å². The summed E-state index contributed by atoms with van der Waals surface area (Å²) in [7, 11) is 0. The first-order valence-corrected chi connectivity index (χ1v) is 9.47. The predicted molar refractivity (Wildman–Crippen MR) is 100 cm³/mol. The maximum absolute atomic E-state index is 10.9. The van der Waals surface area contributed by atoms with Gasteiger partial charge in [0.25, 0.3) is 0 Å². The van der Waals surface area contributed by atoms with E-state index in [9.17, 15) is 5.11 Å². The molecule has 0 radical (unpaired) electrons. The molecule has 0 spiro atoms. The maximum atomic E-state index is 10.9. The standard InChI is InChI=1S/C22H21BrO/c1-20(2)21(14-9-5-3-6-10-14)16-13-17(23)19(24)18(16)22(20,21)15-11-7-4-8-12-15/h3-13,16,18-19,24H,1-2H3/t16-,18-,19+,21+,22-/m1/s1. The Hall–Kier alpha value is -1.38. The summed E-state index contributed by atoms with van der Waals surface area (Å²) in [5, 5.41) is 10.9. The lowest BCUT2D eigenvalue weighted by molar-refractivity contribution is 0.0334. The molecule has 2 heteroatoms. The maximum Gasteiger partial charge on any atom is 0.0894 e. The topological polar surface area (TPSA) is 20.2 Å². The van der Waals surface area contributed by atoms with Crippen LogP contribution in [0, 0.1) is 17.3 Å². The first kappa shape index (κ1) is 14.9. The van der Waals surface area contributed by atoms with E-state index in [4.69, 9.17) is 0 Å². The Bertz CT molecular complexity index is 841. The molecule has 1 nitrogen and oxygen atoms in total. The van der Waals surface area contributed by atoms with E-state index in [0.717, 1.165) is 4.48 Å². The highest BCUT2D eigenvalue weighted by atomic mass is 79.9.